The molecular formula is C52H100N2O9S2Si4. The van der Waals surface area contributed by atoms with Crippen LogP contribution in [0.4, 0.5) is 0 Å². The van der Waals surface area contributed by atoms with Gasteiger partial charge in [-0.1, -0.05) is 132 Å². The van der Waals surface area contributed by atoms with Crippen LogP contribution in [-0.2, 0) is 37.8 Å². The predicted octanol–water partition coefficient (Wildman–Crippen LogP) is 13.2. The molecule has 0 radical (unpaired) electrons. The van der Waals surface area contributed by atoms with Gasteiger partial charge in [0.1, 0.15) is 0 Å². The monoisotopic (exact) mass is 1070 g/mol. The molecule has 0 saturated carbocycles. The second-order valence-electron chi connectivity index (χ2n) is 25.8. The van der Waals surface area contributed by atoms with Gasteiger partial charge in [0, 0.05) is 6.04 Å². The number of sulfonamides is 2. The molecule has 2 aromatic carbocycles. The Morgan fingerprint density at radius 1 is 0.652 bits per heavy atom. The molecule has 6 unspecified atom stereocenters. The fraction of sp³-hybridized carbons (Fsp3) is 0.769. The van der Waals surface area contributed by atoms with Gasteiger partial charge in [0.15, 0.2) is 33.3 Å². The van der Waals surface area contributed by atoms with Crippen LogP contribution in [0.2, 0.25) is 72.5 Å². The number of nitrogens with zero attached hydrogens (tertiary/aromatic N) is 1. The summed E-state index contributed by atoms with van der Waals surface area (Å²) >= 11 is 0. The summed E-state index contributed by atoms with van der Waals surface area (Å²) in [7, 11) is -16.1. The molecular weight excluding hydrogens is 973 g/mol. The third-order valence-corrected chi connectivity index (χ3v) is 37.6. The van der Waals surface area contributed by atoms with Crippen molar-refractivity contribution in [3.8, 4) is 0 Å². The van der Waals surface area contributed by atoms with Crippen molar-refractivity contribution in [3.05, 3.63) is 59.7 Å². The molecule has 17 heteroatoms. The van der Waals surface area contributed by atoms with E-state index in [1.54, 1.807) is 40.7 Å². The van der Waals surface area contributed by atoms with E-state index in [0.717, 1.165) is 17.5 Å². The van der Waals surface area contributed by atoms with Crippen LogP contribution in [0.1, 0.15) is 134 Å². The van der Waals surface area contributed by atoms with E-state index in [9.17, 15) is 21.9 Å². The zero-order valence-electron chi connectivity index (χ0n) is 47.8. The molecule has 0 aliphatic carbocycles. The van der Waals surface area contributed by atoms with Crippen molar-refractivity contribution in [2.24, 2.45) is 0 Å². The van der Waals surface area contributed by atoms with E-state index in [1.165, 1.54) is 0 Å². The Morgan fingerprint density at radius 3 is 1.48 bits per heavy atom. The Bertz CT molecular complexity index is 2140. The van der Waals surface area contributed by atoms with E-state index in [-0.39, 0.29) is 49.8 Å². The lowest BCUT2D eigenvalue weighted by Gasteiger charge is -2.43. The molecule has 0 bridgehead atoms. The van der Waals surface area contributed by atoms with Crippen molar-refractivity contribution in [2.45, 2.75) is 255 Å². The number of hydrogen-bond acceptors (Lipinski definition) is 9. The molecule has 0 spiro atoms. The van der Waals surface area contributed by atoms with E-state index in [4.69, 9.17) is 17.7 Å². The number of rotatable bonds is 20. The van der Waals surface area contributed by atoms with Crippen LogP contribution in [0.3, 0.4) is 0 Å². The van der Waals surface area contributed by atoms with Gasteiger partial charge in [-0.3, -0.25) is 0 Å². The minimum absolute atomic E-state index is 0.0217. The van der Waals surface area contributed by atoms with Crippen LogP contribution in [0.15, 0.2) is 58.3 Å². The average molecular weight is 1070 g/mol. The third-order valence-electron chi connectivity index (χ3n) is 16.1. The molecule has 1 saturated heterocycles. The number of aliphatic hydroxyl groups excluding tert-OH is 1. The first-order valence-electron chi connectivity index (χ1n) is 25.4. The Balaban J connectivity index is 0.000000474. The topological polar surface area (TPSA) is 141 Å². The highest BCUT2D eigenvalue weighted by Crippen LogP contribution is 2.44. The van der Waals surface area contributed by atoms with E-state index < -0.39 is 71.6 Å². The maximum Gasteiger partial charge on any atom is 0.243 e. The first-order chi connectivity index (χ1) is 30.9. The van der Waals surface area contributed by atoms with E-state index in [1.807, 2.05) is 32.9 Å². The second kappa shape index (κ2) is 23.6. The number of benzene rings is 2. The Labute approximate surface area is 427 Å². The predicted molar refractivity (Wildman–Crippen MR) is 299 cm³/mol. The molecule has 2 aromatic rings. The lowest BCUT2D eigenvalue weighted by atomic mass is 10.0. The molecule has 0 amide bonds. The number of aryl methyl sites for hydroxylation is 2. The largest absolute Gasteiger partial charge is 0.415 e. The summed E-state index contributed by atoms with van der Waals surface area (Å²) in [6.07, 6.45) is 1.08. The van der Waals surface area contributed by atoms with Crippen molar-refractivity contribution >= 4 is 53.3 Å². The van der Waals surface area contributed by atoms with Gasteiger partial charge in [0.25, 0.3) is 0 Å². The highest BCUT2D eigenvalue weighted by molar-refractivity contribution is 7.89. The fourth-order valence-corrected chi connectivity index (χ4v) is 14.8. The first kappa shape index (κ1) is 64.0. The third kappa shape index (κ3) is 17.2. The smallest absolute Gasteiger partial charge is 0.243 e. The van der Waals surface area contributed by atoms with Crippen molar-refractivity contribution in [1.29, 1.82) is 0 Å². The van der Waals surface area contributed by atoms with Gasteiger partial charge in [-0.15, -0.1) is 0 Å². The van der Waals surface area contributed by atoms with Crippen LogP contribution < -0.4 is 4.72 Å². The summed E-state index contributed by atoms with van der Waals surface area (Å²) in [4.78, 5) is 0.560. The molecule has 400 valence electrons. The van der Waals surface area contributed by atoms with Gasteiger partial charge in [-0.05, 0) is 136 Å². The molecule has 69 heavy (non-hydrogen) atoms. The standard InChI is InChI=1S/C26H51NO5SSi2.C26H49NO4SSi2/c1-13-21(28)18-24(32-35(11,12)26(6,7)8)23(19-31-34(9,10)25(3,4)5)27-33(29,30)22-16-14-20(2)15-17-22;1-13-21-18-24(31-34(11,12)26(6,7)8)23(19-30-33(9,10)25(3,4)5)27(21)32(28,29)22-16-14-20(2)15-17-22/h14-17,21,23-24,27-28H,13,18-19H2,1-12H3;14-17,21,23-24H,13,18-19H2,1-12H3. The summed E-state index contributed by atoms with van der Waals surface area (Å²) in [6.45, 7) is 52.3. The number of nitrogens with one attached hydrogen (secondary N) is 1. The molecule has 2 N–H and O–H groups in total. The van der Waals surface area contributed by atoms with Gasteiger partial charge in [0.05, 0.1) is 53.4 Å². The molecule has 1 aliphatic heterocycles. The van der Waals surface area contributed by atoms with Gasteiger partial charge in [0.2, 0.25) is 20.0 Å². The normalized spacial score (nSPS) is 20.0. The zero-order valence-corrected chi connectivity index (χ0v) is 53.4. The zero-order chi connectivity index (χ0) is 53.8. The summed E-state index contributed by atoms with van der Waals surface area (Å²) in [5.41, 5.74) is 2.04. The SMILES string of the molecule is CCC(O)CC(O[Si](C)(C)C(C)(C)C)C(CO[Si](C)(C)C(C)(C)C)NS(=O)(=O)c1ccc(C)cc1.CCC1CC(O[Si](C)(C)C(C)(C)C)C(CO[Si](C)(C)C(C)(C)C)N1S(=O)(=O)c1ccc(C)cc1. The molecule has 11 nitrogen and oxygen atoms in total. The Kier molecular flexibility index (Phi) is 21.9. The number of aliphatic hydroxyl groups is 1. The van der Waals surface area contributed by atoms with Crippen LogP contribution in [0, 0.1) is 13.8 Å². The van der Waals surface area contributed by atoms with Crippen molar-refractivity contribution < 1.29 is 39.6 Å². The first-order valence-corrected chi connectivity index (χ1v) is 39.9. The second-order valence-corrected chi connectivity index (χ2v) is 48.5. The van der Waals surface area contributed by atoms with Crippen molar-refractivity contribution in [2.75, 3.05) is 13.2 Å². The summed E-state index contributed by atoms with van der Waals surface area (Å²) < 4.78 is 86.4. The van der Waals surface area contributed by atoms with E-state index in [0.29, 0.717) is 30.8 Å². The molecule has 6 atom stereocenters. The van der Waals surface area contributed by atoms with Crippen molar-refractivity contribution in [1.82, 2.24) is 9.03 Å². The van der Waals surface area contributed by atoms with Crippen LogP contribution in [-0.4, -0.2) is 109 Å². The minimum atomic E-state index is -3.82. The van der Waals surface area contributed by atoms with Crippen LogP contribution >= 0.6 is 0 Å². The number of hydrogen-bond donors (Lipinski definition) is 2. The van der Waals surface area contributed by atoms with Crippen LogP contribution in [0.5, 0.6) is 0 Å². The lowest BCUT2D eigenvalue weighted by molar-refractivity contribution is 0.0524. The minimum Gasteiger partial charge on any atom is -0.415 e. The summed E-state index contributed by atoms with van der Waals surface area (Å²) in [5, 5.41) is 10.6. The van der Waals surface area contributed by atoms with Gasteiger partial charge < -0.3 is 22.8 Å². The highest BCUT2D eigenvalue weighted by Gasteiger charge is 2.52. The fourth-order valence-electron chi connectivity index (χ4n) is 6.89. The Morgan fingerprint density at radius 2 is 1.07 bits per heavy atom. The maximum absolute atomic E-state index is 14.0. The quantitative estimate of drug-likeness (QED) is 0.124. The highest BCUT2D eigenvalue weighted by atomic mass is 32.2. The van der Waals surface area contributed by atoms with Crippen LogP contribution in [0.25, 0.3) is 0 Å². The maximum atomic E-state index is 14.0. The molecule has 3 rings (SSSR count). The molecule has 1 aliphatic rings. The molecule has 1 fully saturated rings. The van der Waals surface area contributed by atoms with Crippen molar-refractivity contribution in [3.63, 3.8) is 0 Å². The Hall–Kier alpha value is -1.07. The summed E-state index contributed by atoms with van der Waals surface area (Å²) in [6, 6.07) is 12.9. The molecule has 1 heterocycles. The van der Waals surface area contributed by atoms with E-state index >= 15 is 0 Å². The van der Waals surface area contributed by atoms with E-state index in [2.05, 4.69) is 147 Å². The van der Waals surface area contributed by atoms with Gasteiger partial charge in [-0.2, -0.15) is 4.31 Å². The van der Waals surface area contributed by atoms with Gasteiger partial charge in [-0.25, -0.2) is 21.6 Å². The summed E-state index contributed by atoms with van der Waals surface area (Å²) in [5.74, 6) is 0. The molecule has 0 aromatic heterocycles. The van der Waals surface area contributed by atoms with Gasteiger partial charge >= 0.3 is 0 Å². The average Bonchev–Trinajstić information content (AvgIpc) is 3.54. The lowest BCUT2D eigenvalue weighted by Crippen LogP contribution is -2.55.